The van der Waals surface area contributed by atoms with E-state index in [1.807, 2.05) is 0 Å². The van der Waals surface area contributed by atoms with Crippen LogP contribution in [0.15, 0.2) is 29.3 Å². The molecule has 18 heavy (non-hydrogen) atoms. The molecule has 5 N–H and O–H groups in total. The molecule has 1 aromatic heterocycles. The lowest BCUT2D eigenvalue weighted by Gasteiger charge is -2.08. The van der Waals surface area contributed by atoms with Crippen LogP contribution in [0.5, 0.6) is 11.6 Å². The van der Waals surface area contributed by atoms with Crippen molar-refractivity contribution in [2.45, 2.75) is 6.54 Å². The van der Waals surface area contributed by atoms with E-state index in [1.165, 1.54) is 6.33 Å². The van der Waals surface area contributed by atoms with Gasteiger partial charge in [0.1, 0.15) is 5.75 Å². The largest absolute Gasteiger partial charge is 0.435 e. The van der Waals surface area contributed by atoms with Gasteiger partial charge in [0.2, 0.25) is 5.88 Å². The highest BCUT2D eigenvalue weighted by Crippen LogP contribution is 2.30. The second-order valence-electron chi connectivity index (χ2n) is 3.52. The van der Waals surface area contributed by atoms with E-state index < -0.39 is 5.56 Å². The first kappa shape index (κ1) is 12.4. The van der Waals surface area contributed by atoms with Crippen LogP contribution in [0.2, 0.25) is 5.02 Å². The molecule has 0 aliphatic heterocycles. The molecule has 0 saturated heterocycles. The van der Waals surface area contributed by atoms with Gasteiger partial charge >= 0.3 is 0 Å². The molecule has 1 heterocycles. The summed E-state index contributed by atoms with van der Waals surface area (Å²) >= 11 is 6.02. The van der Waals surface area contributed by atoms with Gasteiger partial charge in [0.25, 0.3) is 5.56 Å². The van der Waals surface area contributed by atoms with Crippen molar-refractivity contribution in [2.75, 3.05) is 5.73 Å². The molecule has 2 aromatic rings. The van der Waals surface area contributed by atoms with Crippen LogP contribution in [0, 0.1) is 0 Å². The van der Waals surface area contributed by atoms with Gasteiger partial charge in [-0.15, -0.1) is 0 Å². The van der Waals surface area contributed by atoms with E-state index >= 15 is 0 Å². The molecule has 2 rings (SSSR count). The summed E-state index contributed by atoms with van der Waals surface area (Å²) < 4.78 is 5.39. The number of benzene rings is 1. The highest BCUT2D eigenvalue weighted by Gasteiger charge is 2.09. The first-order valence-electron chi connectivity index (χ1n) is 5.11. The number of aromatic nitrogens is 2. The number of H-pyrrole nitrogens is 1. The van der Waals surface area contributed by atoms with Crippen LogP contribution >= 0.6 is 11.6 Å². The Morgan fingerprint density at radius 1 is 1.44 bits per heavy atom. The summed E-state index contributed by atoms with van der Waals surface area (Å²) in [5.41, 5.74) is 11.3. The zero-order valence-electron chi connectivity index (χ0n) is 9.31. The van der Waals surface area contributed by atoms with Gasteiger partial charge in [0.15, 0.2) is 5.69 Å². The standard InChI is InChI=1S/C11H11ClN4O2/c12-7-3-6(4-13)1-2-8(7)18-11-9(14)10(17)15-5-16-11/h1-3,5H,4,13-14H2,(H,15,16,17). The maximum atomic E-state index is 11.3. The van der Waals surface area contributed by atoms with E-state index in [4.69, 9.17) is 27.8 Å². The van der Waals surface area contributed by atoms with E-state index in [-0.39, 0.29) is 11.6 Å². The molecule has 0 fully saturated rings. The lowest BCUT2D eigenvalue weighted by Crippen LogP contribution is -2.13. The molecule has 0 unspecified atom stereocenters. The van der Waals surface area contributed by atoms with Crippen molar-refractivity contribution in [2.24, 2.45) is 5.73 Å². The fourth-order valence-corrected chi connectivity index (χ4v) is 1.58. The Kier molecular flexibility index (Phi) is 3.50. The molecule has 6 nitrogen and oxygen atoms in total. The number of nitrogens with zero attached hydrogens (tertiary/aromatic N) is 1. The van der Waals surface area contributed by atoms with Gasteiger partial charge in [-0.25, -0.2) is 4.98 Å². The number of nitrogen functional groups attached to an aromatic ring is 1. The van der Waals surface area contributed by atoms with Crippen LogP contribution in [0.1, 0.15) is 5.56 Å². The smallest absolute Gasteiger partial charge is 0.277 e. The summed E-state index contributed by atoms with van der Waals surface area (Å²) in [7, 11) is 0. The van der Waals surface area contributed by atoms with Crippen LogP contribution < -0.4 is 21.8 Å². The fraction of sp³-hybridized carbons (Fsp3) is 0.0909. The predicted octanol–water partition coefficient (Wildman–Crippen LogP) is 1.26. The Labute approximate surface area is 108 Å². The van der Waals surface area contributed by atoms with Crippen molar-refractivity contribution in [3.05, 3.63) is 45.5 Å². The topological polar surface area (TPSA) is 107 Å². The van der Waals surface area contributed by atoms with Crippen molar-refractivity contribution >= 4 is 17.3 Å². The van der Waals surface area contributed by atoms with Crippen LogP contribution in [0.25, 0.3) is 0 Å². The quantitative estimate of drug-likeness (QED) is 0.775. The van der Waals surface area contributed by atoms with E-state index in [0.29, 0.717) is 17.3 Å². The van der Waals surface area contributed by atoms with Crippen molar-refractivity contribution in [3.8, 4) is 11.6 Å². The zero-order chi connectivity index (χ0) is 13.1. The molecule has 94 valence electrons. The molecule has 0 aliphatic rings. The van der Waals surface area contributed by atoms with Gasteiger partial charge in [-0.05, 0) is 17.7 Å². The van der Waals surface area contributed by atoms with Gasteiger partial charge in [0.05, 0.1) is 11.3 Å². The Hall–Kier alpha value is -2.05. The number of nitrogens with one attached hydrogen (secondary N) is 1. The highest BCUT2D eigenvalue weighted by atomic mass is 35.5. The number of hydrogen-bond donors (Lipinski definition) is 3. The SMILES string of the molecule is NCc1ccc(Oc2nc[nH]c(=O)c2N)c(Cl)c1. The number of nitrogens with two attached hydrogens (primary N) is 2. The average molecular weight is 267 g/mol. The maximum Gasteiger partial charge on any atom is 0.277 e. The second-order valence-corrected chi connectivity index (χ2v) is 3.93. The Morgan fingerprint density at radius 2 is 2.22 bits per heavy atom. The molecule has 0 bridgehead atoms. The molecule has 0 aliphatic carbocycles. The van der Waals surface area contributed by atoms with Crippen molar-refractivity contribution in [1.82, 2.24) is 9.97 Å². The summed E-state index contributed by atoms with van der Waals surface area (Å²) in [5, 5.41) is 0.374. The van der Waals surface area contributed by atoms with Gasteiger partial charge in [0, 0.05) is 6.54 Å². The molecule has 0 amide bonds. The van der Waals surface area contributed by atoms with Gasteiger partial charge in [-0.3, -0.25) is 4.79 Å². The third kappa shape index (κ3) is 2.44. The molecule has 7 heteroatoms. The normalized spacial score (nSPS) is 10.3. The molecule has 0 atom stereocenters. The number of hydrogen-bond acceptors (Lipinski definition) is 5. The minimum absolute atomic E-state index is 0.0150. The molecule has 0 saturated carbocycles. The van der Waals surface area contributed by atoms with E-state index in [0.717, 1.165) is 5.56 Å². The number of anilines is 1. The minimum atomic E-state index is -0.463. The maximum absolute atomic E-state index is 11.3. The summed E-state index contributed by atoms with van der Waals surface area (Å²) in [4.78, 5) is 17.4. The lowest BCUT2D eigenvalue weighted by molar-refractivity contribution is 0.463. The summed E-state index contributed by atoms with van der Waals surface area (Å²) in [5.74, 6) is 0.375. The first-order chi connectivity index (χ1) is 8.61. The van der Waals surface area contributed by atoms with E-state index in [9.17, 15) is 4.79 Å². The monoisotopic (exact) mass is 266 g/mol. The van der Waals surface area contributed by atoms with Crippen LogP contribution in [0.3, 0.4) is 0 Å². The highest BCUT2D eigenvalue weighted by molar-refractivity contribution is 6.32. The summed E-state index contributed by atoms with van der Waals surface area (Å²) in [6.07, 6.45) is 1.20. The van der Waals surface area contributed by atoms with Crippen molar-refractivity contribution in [3.63, 3.8) is 0 Å². The Bertz CT molecular complexity index is 627. The summed E-state index contributed by atoms with van der Waals surface area (Å²) in [6, 6.07) is 5.09. The molecule has 0 spiro atoms. The second kappa shape index (κ2) is 5.07. The number of halogens is 1. The Morgan fingerprint density at radius 3 is 2.89 bits per heavy atom. The molecule has 1 aromatic carbocycles. The fourth-order valence-electron chi connectivity index (χ4n) is 1.33. The number of ether oxygens (including phenoxy) is 1. The van der Waals surface area contributed by atoms with Crippen LogP contribution in [-0.2, 0) is 6.54 Å². The van der Waals surface area contributed by atoms with Gasteiger partial charge in [-0.1, -0.05) is 17.7 Å². The zero-order valence-corrected chi connectivity index (χ0v) is 10.1. The molecule has 0 radical (unpaired) electrons. The minimum Gasteiger partial charge on any atom is -0.435 e. The number of aromatic amines is 1. The van der Waals surface area contributed by atoms with E-state index in [2.05, 4.69) is 9.97 Å². The third-order valence-electron chi connectivity index (χ3n) is 2.29. The third-order valence-corrected chi connectivity index (χ3v) is 2.59. The van der Waals surface area contributed by atoms with Crippen LogP contribution in [-0.4, -0.2) is 9.97 Å². The molecular formula is C11H11ClN4O2. The average Bonchev–Trinajstić information content (AvgIpc) is 2.37. The van der Waals surface area contributed by atoms with Gasteiger partial charge in [-0.2, -0.15) is 0 Å². The first-order valence-corrected chi connectivity index (χ1v) is 5.49. The molecular weight excluding hydrogens is 256 g/mol. The lowest BCUT2D eigenvalue weighted by atomic mass is 10.2. The van der Waals surface area contributed by atoms with Crippen molar-refractivity contribution < 1.29 is 4.74 Å². The Balaban J connectivity index is 2.34. The van der Waals surface area contributed by atoms with Crippen molar-refractivity contribution in [1.29, 1.82) is 0 Å². The predicted molar refractivity (Wildman–Crippen MR) is 68.7 cm³/mol. The number of rotatable bonds is 3. The van der Waals surface area contributed by atoms with Crippen LogP contribution in [0.4, 0.5) is 5.69 Å². The summed E-state index contributed by atoms with van der Waals surface area (Å²) in [6.45, 7) is 0.380. The van der Waals surface area contributed by atoms with Gasteiger partial charge < -0.3 is 21.2 Å². The van der Waals surface area contributed by atoms with E-state index in [1.54, 1.807) is 18.2 Å².